The zero-order valence-electron chi connectivity index (χ0n) is 20.4. The summed E-state index contributed by atoms with van der Waals surface area (Å²) in [7, 11) is 0. The van der Waals surface area contributed by atoms with Gasteiger partial charge in [0.25, 0.3) is 0 Å². The minimum atomic E-state index is -1.67. The van der Waals surface area contributed by atoms with E-state index in [1.165, 1.54) is 24.4 Å². The monoisotopic (exact) mass is 544 g/mol. The molecule has 0 bridgehead atoms. The molecular formula is C25H32Cl2F2N4O3. The van der Waals surface area contributed by atoms with E-state index >= 15 is 8.78 Å². The van der Waals surface area contributed by atoms with Crippen LogP contribution >= 0.6 is 23.2 Å². The van der Waals surface area contributed by atoms with Crippen molar-refractivity contribution in [2.45, 2.75) is 63.3 Å². The molecule has 7 nitrogen and oxygen atoms in total. The summed E-state index contributed by atoms with van der Waals surface area (Å²) in [4.78, 5) is 17.6. The Morgan fingerprint density at radius 2 is 2.03 bits per heavy atom. The van der Waals surface area contributed by atoms with Crippen LogP contribution in [-0.2, 0) is 10.3 Å². The van der Waals surface area contributed by atoms with Crippen LogP contribution < -0.4 is 16.4 Å². The van der Waals surface area contributed by atoms with Gasteiger partial charge in [-0.05, 0) is 36.0 Å². The molecule has 2 heterocycles. The Balaban J connectivity index is 2.17. The van der Waals surface area contributed by atoms with Gasteiger partial charge in [-0.3, -0.25) is 9.78 Å². The molecule has 5 atom stereocenters. The Hall–Kier alpha value is -1.88. The standard InChI is InChI=1S/C25H32Cl2F2N4O3/c1-24(2,3)10-18-25(30,22-17(28)9-13(26)11-32-22)19(15-5-4-6-16(27)20(15)29)21(33-18)23(36)31-8-7-14(35)12-34/h4-6,9,11,14,18-19,21,33-35H,7-8,10,12,30H2,1-3H3,(H,31,36)/t14-,18-,19-,21+,25+/m0/s1. The van der Waals surface area contributed by atoms with Crippen molar-refractivity contribution in [1.29, 1.82) is 0 Å². The van der Waals surface area contributed by atoms with E-state index < -0.39 is 53.8 Å². The van der Waals surface area contributed by atoms with Crippen LogP contribution in [-0.4, -0.2) is 52.4 Å². The third-order valence-electron chi connectivity index (χ3n) is 6.43. The predicted molar refractivity (Wildman–Crippen MR) is 135 cm³/mol. The van der Waals surface area contributed by atoms with Crippen molar-refractivity contribution < 1.29 is 23.8 Å². The number of nitrogens with one attached hydrogen (secondary N) is 2. The zero-order chi connectivity index (χ0) is 26.8. The van der Waals surface area contributed by atoms with Crippen molar-refractivity contribution in [3.8, 4) is 0 Å². The lowest BCUT2D eigenvalue weighted by Crippen LogP contribution is -2.53. The molecule has 1 amide bonds. The maximum Gasteiger partial charge on any atom is 0.237 e. The predicted octanol–water partition coefficient (Wildman–Crippen LogP) is 3.24. The first-order valence-corrected chi connectivity index (χ1v) is 12.4. The van der Waals surface area contributed by atoms with Crippen molar-refractivity contribution >= 4 is 29.1 Å². The van der Waals surface area contributed by atoms with Crippen LogP contribution in [0, 0.1) is 17.0 Å². The van der Waals surface area contributed by atoms with Crippen LogP contribution in [0.1, 0.15) is 50.8 Å². The average molecular weight is 545 g/mol. The molecule has 11 heteroatoms. The van der Waals surface area contributed by atoms with Crippen LogP contribution in [0.2, 0.25) is 10.0 Å². The van der Waals surface area contributed by atoms with E-state index in [2.05, 4.69) is 15.6 Å². The minimum absolute atomic E-state index is 0.0422. The van der Waals surface area contributed by atoms with Crippen molar-refractivity contribution in [3.05, 3.63) is 63.4 Å². The first-order valence-electron chi connectivity index (χ1n) is 11.7. The largest absolute Gasteiger partial charge is 0.394 e. The van der Waals surface area contributed by atoms with Gasteiger partial charge in [-0.25, -0.2) is 8.78 Å². The molecule has 2 aromatic rings. The second kappa shape index (κ2) is 11.2. The lowest BCUT2D eigenvalue weighted by atomic mass is 9.70. The molecule has 0 radical (unpaired) electrons. The van der Waals surface area contributed by atoms with Crippen LogP contribution in [0.4, 0.5) is 8.78 Å². The minimum Gasteiger partial charge on any atom is -0.394 e. The summed E-state index contributed by atoms with van der Waals surface area (Å²) in [6, 6.07) is 3.69. The van der Waals surface area contributed by atoms with Crippen molar-refractivity contribution in [2.24, 2.45) is 11.1 Å². The number of benzene rings is 1. The van der Waals surface area contributed by atoms with Gasteiger partial charge in [0.05, 0.1) is 40.0 Å². The Labute approximate surface area is 219 Å². The second-order valence-electron chi connectivity index (χ2n) is 10.4. The second-order valence-corrected chi connectivity index (χ2v) is 11.3. The van der Waals surface area contributed by atoms with Gasteiger partial charge < -0.3 is 26.6 Å². The Morgan fingerprint density at radius 1 is 1.33 bits per heavy atom. The summed E-state index contributed by atoms with van der Waals surface area (Å²) in [6.07, 6.45) is 0.770. The molecule has 0 spiro atoms. The van der Waals surface area contributed by atoms with E-state index in [-0.39, 0.29) is 39.7 Å². The molecule has 1 aromatic carbocycles. The molecule has 36 heavy (non-hydrogen) atoms. The van der Waals surface area contributed by atoms with Crippen molar-refractivity contribution in [2.75, 3.05) is 13.2 Å². The maximum absolute atomic E-state index is 15.4. The van der Waals surface area contributed by atoms with Crippen LogP contribution in [0.25, 0.3) is 0 Å². The number of hydrogen-bond acceptors (Lipinski definition) is 6. The summed E-state index contributed by atoms with van der Waals surface area (Å²) in [6.45, 7) is 5.52. The summed E-state index contributed by atoms with van der Waals surface area (Å²) in [5, 5.41) is 24.5. The number of aromatic nitrogens is 1. The molecule has 1 aliphatic rings. The number of carbonyl (C=O) groups is 1. The van der Waals surface area contributed by atoms with Gasteiger partial charge in [0.1, 0.15) is 11.6 Å². The van der Waals surface area contributed by atoms with Crippen LogP contribution in [0.5, 0.6) is 0 Å². The lowest BCUT2D eigenvalue weighted by molar-refractivity contribution is -0.123. The van der Waals surface area contributed by atoms with Gasteiger partial charge in [0.2, 0.25) is 5.91 Å². The highest BCUT2D eigenvalue weighted by atomic mass is 35.5. The number of nitrogens with two attached hydrogens (primary N) is 1. The van der Waals surface area contributed by atoms with Gasteiger partial charge in [0.15, 0.2) is 0 Å². The molecule has 1 aromatic heterocycles. The number of amides is 1. The summed E-state index contributed by atoms with van der Waals surface area (Å²) in [5.41, 5.74) is 4.95. The molecule has 1 fully saturated rings. The first-order chi connectivity index (χ1) is 16.8. The SMILES string of the molecule is CC(C)(C)C[C@@H]1N[C@@H](C(=O)NCC[C@H](O)CO)[C@H](c2cccc(Cl)c2F)[C@@]1(N)c1ncc(Cl)cc1F. The fourth-order valence-corrected chi connectivity index (χ4v) is 5.14. The van der Waals surface area contributed by atoms with E-state index in [9.17, 15) is 9.90 Å². The Bertz CT molecular complexity index is 1100. The highest BCUT2D eigenvalue weighted by Crippen LogP contribution is 2.49. The molecular weight excluding hydrogens is 513 g/mol. The van der Waals surface area contributed by atoms with Crippen LogP contribution in [0.15, 0.2) is 30.5 Å². The Kier molecular flexibility index (Phi) is 8.96. The van der Waals surface area contributed by atoms with E-state index in [4.69, 9.17) is 34.0 Å². The molecule has 198 valence electrons. The van der Waals surface area contributed by atoms with E-state index in [1.807, 2.05) is 20.8 Å². The topological polar surface area (TPSA) is 120 Å². The van der Waals surface area contributed by atoms with Gasteiger partial charge in [-0.1, -0.05) is 56.1 Å². The molecule has 0 aliphatic carbocycles. The molecule has 1 aliphatic heterocycles. The number of hydrogen-bond donors (Lipinski definition) is 5. The fraction of sp³-hybridized carbons (Fsp3) is 0.520. The summed E-state index contributed by atoms with van der Waals surface area (Å²) >= 11 is 12.0. The average Bonchev–Trinajstić information content (AvgIpc) is 3.06. The molecule has 0 unspecified atom stereocenters. The number of nitrogens with zero attached hydrogens (tertiary/aromatic N) is 1. The molecule has 3 rings (SSSR count). The van der Waals surface area contributed by atoms with Gasteiger partial charge in [-0.15, -0.1) is 0 Å². The fourth-order valence-electron chi connectivity index (χ4n) is 4.82. The van der Waals surface area contributed by atoms with Gasteiger partial charge in [0, 0.05) is 24.7 Å². The summed E-state index contributed by atoms with van der Waals surface area (Å²) < 4.78 is 30.8. The molecule has 6 N–H and O–H groups in total. The Morgan fingerprint density at radius 3 is 2.64 bits per heavy atom. The van der Waals surface area contributed by atoms with Gasteiger partial charge in [-0.2, -0.15) is 0 Å². The van der Waals surface area contributed by atoms with Crippen molar-refractivity contribution in [1.82, 2.24) is 15.6 Å². The lowest BCUT2D eigenvalue weighted by Gasteiger charge is -2.38. The van der Waals surface area contributed by atoms with E-state index in [1.54, 1.807) is 0 Å². The quantitative estimate of drug-likeness (QED) is 0.348. The molecule has 1 saturated heterocycles. The maximum atomic E-state index is 15.4. The zero-order valence-corrected chi connectivity index (χ0v) is 21.9. The number of halogens is 4. The third kappa shape index (κ3) is 5.98. The third-order valence-corrected chi connectivity index (χ3v) is 6.92. The number of rotatable bonds is 8. The number of pyridine rings is 1. The number of aliphatic hydroxyl groups is 2. The normalized spacial score (nSPS) is 25.1. The summed E-state index contributed by atoms with van der Waals surface area (Å²) in [5.74, 6) is -3.16. The van der Waals surface area contributed by atoms with Crippen molar-refractivity contribution in [3.63, 3.8) is 0 Å². The number of carbonyl (C=O) groups excluding carboxylic acids is 1. The van der Waals surface area contributed by atoms with Crippen LogP contribution in [0.3, 0.4) is 0 Å². The molecule has 0 saturated carbocycles. The smallest absolute Gasteiger partial charge is 0.237 e. The first kappa shape index (κ1) is 28.7. The highest BCUT2D eigenvalue weighted by molar-refractivity contribution is 6.31. The number of aliphatic hydroxyl groups excluding tert-OH is 2. The highest BCUT2D eigenvalue weighted by Gasteiger charge is 2.59. The van der Waals surface area contributed by atoms with E-state index in [0.29, 0.717) is 6.42 Å². The van der Waals surface area contributed by atoms with Gasteiger partial charge >= 0.3 is 0 Å². The van der Waals surface area contributed by atoms with E-state index in [0.717, 1.165) is 6.07 Å².